The van der Waals surface area contributed by atoms with Gasteiger partial charge in [0.2, 0.25) is 0 Å². The molecule has 1 N–H and O–H groups in total. The van der Waals surface area contributed by atoms with Crippen LogP contribution in [0.15, 0.2) is 35.9 Å². The standard InChI is InChI=1S/C21H27F2NO5/c1-6-28-18(25)10-13(21(2,3)4)12-24-15-8-7-9-17(29-20(22)23)14(15)11-16(24)19(26)27-5/h7-11,18,20,25H,6,12H2,1-5H3/b13-10-. The van der Waals surface area contributed by atoms with E-state index < -0.39 is 18.9 Å². The molecule has 160 valence electrons. The second-order valence-corrected chi connectivity index (χ2v) is 7.46. The van der Waals surface area contributed by atoms with Gasteiger partial charge in [0.15, 0.2) is 6.29 Å². The Labute approximate surface area is 168 Å². The van der Waals surface area contributed by atoms with E-state index in [1.54, 1.807) is 29.7 Å². The monoisotopic (exact) mass is 411 g/mol. The summed E-state index contributed by atoms with van der Waals surface area (Å²) in [4.78, 5) is 12.4. The Bertz CT molecular complexity index is 883. The van der Waals surface area contributed by atoms with Gasteiger partial charge in [-0.25, -0.2) is 4.79 Å². The number of ether oxygens (including phenoxy) is 3. The zero-order valence-electron chi connectivity index (χ0n) is 17.2. The molecule has 0 saturated carbocycles. The van der Waals surface area contributed by atoms with Gasteiger partial charge in [-0.3, -0.25) is 0 Å². The van der Waals surface area contributed by atoms with E-state index in [2.05, 4.69) is 4.74 Å². The van der Waals surface area contributed by atoms with Crippen LogP contribution in [0.3, 0.4) is 0 Å². The fourth-order valence-corrected chi connectivity index (χ4v) is 3.00. The third-order valence-corrected chi connectivity index (χ3v) is 4.49. The lowest BCUT2D eigenvalue weighted by Crippen LogP contribution is -2.21. The smallest absolute Gasteiger partial charge is 0.387 e. The molecule has 0 spiro atoms. The van der Waals surface area contributed by atoms with Crippen LogP contribution in [0, 0.1) is 5.41 Å². The molecule has 29 heavy (non-hydrogen) atoms. The molecule has 8 heteroatoms. The van der Waals surface area contributed by atoms with Crippen LogP contribution in [0.2, 0.25) is 0 Å². The summed E-state index contributed by atoms with van der Waals surface area (Å²) >= 11 is 0. The molecular weight excluding hydrogens is 384 g/mol. The summed E-state index contributed by atoms with van der Waals surface area (Å²) in [5, 5.41) is 10.5. The van der Waals surface area contributed by atoms with Crippen molar-refractivity contribution in [3.05, 3.63) is 41.6 Å². The van der Waals surface area contributed by atoms with Gasteiger partial charge >= 0.3 is 12.6 Å². The summed E-state index contributed by atoms with van der Waals surface area (Å²) in [7, 11) is 1.25. The third-order valence-electron chi connectivity index (χ3n) is 4.49. The second-order valence-electron chi connectivity index (χ2n) is 7.46. The first kappa shape index (κ1) is 22.8. The van der Waals surface area contributed by atoms with Crippen molar-refractivity contribution in [1.82, 2.24) is 4.57 Å². The van der Waals surface area contributed by atoms with Crippen LogP contribution in [-0.2, 0) is 16.0 Å². The molecular formula is C21H27F2NO5. The van der Waals surface area contributed by atoms with Crippen LogP contribution < -0.4 is 4.74 Å². The Balaban J connectivity index is 2.63. The van der Waals surface area contributed by atoms with Crippen molar-refractivity contribution in [2.75, 3.05) is 13.7 Å². The number of halogens is 2. The molecule has 0 aliphatic heterocycles. The molecule has 1 atom stereocenters. The maximum Gasteiger partial charge on any atom is 0.387 e. The summed E-state index contributed by atoms with van der Waals surface area (Å²) in [5.41, 5.74) is 1.15. The van der Waals surface area contributed by atoms with Crippen molar-refractivity contribution in [2.24, 2.45) is 5.41 Å². The first-order valence-corrected chi connectivity index (χ1v) is 9.24. The maximum absolute atomic E-state index is 12.8. The molecule has 1 heterocycles. The zero-order valence-corrected chi connectivity index (χ0v) is 17.2. The lowest BCUT2D eigenvalue weighted by molar-refractivity contribution is -0.0599. The minimum absolute atomic E-state index is 0.0305. The number of benzene rings is 1. The van der Waals surface area contributed by atoms with Gasteiger partial charge in [0.05, 0.1) is 12.6 Å². The molecule has 0 saturated heterocycles. The lowest BCUT2D eigenvalue weighted by atomic mass is 9.86. The minimum Gasteiger partial charge on any atom is -0.464 e. The number of rotatable bonds is 8. The Morgan fingerprint density at radius 3 is 2.55 bits per heavy atom. The Kier molecular flexibility index (Phi) is 7.37. The van der Waals surface area contributed by atoms with Gasteiger partial charge < -0.3 is 23.9 Å². The molecule has 0 fully saturated rings. The molecule has 1 aromatic carbocycles. The number of hydrogen-bond donors (Lipinski definition) is 1. The number of alkyl halides is 2. The van der Waals surface area contributed by atoms with Crippen molar-refractivity contribution in [1.29, 1.82) is 0 Å². The van der Waals surface area contributed by atoms with Crippen LogP contribution in [0.25, 0.3) is 10.9 Å². The van der Waals surface area contributed by atoms with Crippen LogP contribution in [0.1, 0.15) is 38.2 Å². The molecule has 6 nitrogen and oxygen atoms in total. The molecule has 0 aliphatic carbocycles. The highest BCUT2D eigenvalue weighted by Gasteiger charge is 2.24. The lowest BCUT2D eigenvalue weighted by Gasteiger charge is -2.26. The van der Waals surface area contributed by atoms with E-state index in [0.717, 1.165) is 5.57 Å². The Hall–Kier alpha value is -2.45. The van der Waals surface area contributed by atoms with Crippen LogP contribution >= 0.6 is 0 Å². The maximum atomic E-state index is 12.8. The van der Waals surface area contributed by atoms with Crippen LogP contribution in [0.5, 0.6) is 5.75 Å². The number of esters is 1. The molecule has 2 rings (SSSR count). The van der Waals surface area contributed by atoms with E-state index >= 15 is 0 Å². The largest absolute Gasteiger partial charge is 0.464 e. The number of nitrogens with zero attached hydrogens (tertiary/aromatic N) is 1. The number of aliphatic hydroxyl groups excluding tert-OH is 1. The normalized spacial score (nSPS) is 13.8. The predicted octanol–water partition coefficient (Wildman–Crippen LogP) is 4.36. The highest BCUT2D eigenvalue weighted by Crippen LogP contribution is 2.34. The quantitative estimate of drug-likeness (QED) is 0.397. The minimum atomic E-state index is -2.99. The molecule has 1 unspecified atom stereocenters. The fraction of sp³-hybridized carbons (Fsp3) is 0.476. The number of carbonyl (C=O) groups is 1. The predicted molar refractivity (Wildman–Crippen MR) is 105 cm³/mol. The van der Waals surface area contributed by atoms with Crippen molar-refractivity contribution in [3.63, 3.8) is 0 Å². The van der Waals surface area contributed by atoms with E-state index in [1.165, 1.54) is 19.2 Å². The van der Waals surface area contributed by atoms with Gasteiger partial charge in [0.1, 0.15) is 11.4 Å². The van der Waals surface area contributed by atoms with Gasteiger partial charge in [0, 0.05) is 18.5 Å². The summed E-state index contributed by atoms with van der Waals surface area (Å²) in [5.74, 6) is -0.639. The number of allylic oxidation sites excluding steroid dienone is 1. The van der Waals surface area contributed by atoms with Crippen molar-refractivity contribution >= 4 is 16.9 Å². The zero-order chi connectivity index (χ0) is 21.8. The van der Waals surface area contributed by atoms with E-state index in [9.17, 15) is 18.7 Å². The summed E-state index contributed by atoms with van der Waals surface area (Å²) < 4.78 is 41.9. The number of methoxy groups -OCH3 is 1. The fourth-order valence-electron chi connectivity index (χ4n) is 3.00. The van der Waals surface area contributed by atoms with E-state index in [0.29, 0.717) is 17.5 Å². The molecule has 0 amide bonds. The van der Waals surface area contributed by atoms with Crippen LogP contribution in [0.4, 0.5) is 8.78 Å². The van der Waals surface area contributed by atoms with Crippen molar-refractivity contribution in [3.8, 4) is 5.75 Å². The number of hydrogen-bond acceptors (Lipinski definition) is 5. The Morgan fingerprint density at radius 2 is 2.00 bits per heavy atom. The summed E-state index contributed by atoms with van der Waals surface area (Å²) in [6.45, 7) is 5.23. The first-order valence-electron chi connectivity index (χ1n) is 9.24. The van der Waals surface area contributed by atoms with Crippen LogP contribution in [-0.4, -0.2) is 42.3 Å². The number of aromatic nitrogens is 1. The average Bonchev–Trinajstić information content (AvgIpc) is 2.99. The molecule has 2 aromatic rings. The van der Waals surface area contributed by atoms with Crippen molar-refractivity contribution < 1.29 is 32.9 Å². The number of carbonyl (C=O) groups excluding carboxylic acids is 1. The molecule has 0 radical (unpaired) electrons. The number of aliphatic hydroxyl groups is 1. The van der Waals surface area contributed by atoms with Crippen molar-refractivity contribution in [2.45, 2.75) is 47.1 Å². The van der Waals surface area contributed by atoms with Gasteiger partial charge in [-0.2, -0.15) is 8.78 Å². The van der Waals surface area contributed by atoms with Gasteiger partial charge in [-0.05, 0) is 42.2 Å². The SMILES string of the molecule is CCOC(O)/C=C(/Cn1c(C(=O)OC)cc2c(OC(F)F)cccc21)C(C)(C)C. The third kappa shape index (κ3) is 5.55. The highest BCUT2D eigenvalue weighted by atomic mass is 19.3. The molecule has 0 bridgehead atoms. The van der Waals surface area contributed by atoms with Gasteiger partial charge in [-0.15, -0.1) is 0 Å². The number of fused-ring (bicyclic) bond motifs is 1. The van der Waals surface area contributed by atoms with Gasteiger partial charge in [-0.1, -0.05) is 26.8 Å². The average molecular weight is 411 g/mol. The summed E-state index contributed by atoms with van der Waals surface area (Å²) in [6, 6.07) is 6.17. The molecule has 1 aromatic heterocycles. The molecule has 0 aliphatic rings. The second kappa shape index (κ2) is 9.37. The Morgan fingerprint density at radius 1 is 1.31 bits per heavy atom. The van der Waals surface area contributed by atoms with E-state index in [4.69, 9.17) is 9.47 Å². The summed E-state index contributed by atoms with van der Waals surface area (Å²) in [6.07, 6.45) is 0.492. The highest BCUT2D eigenvalue weighted by molar-refractivity contribution is 5.98. The van der Waals surface area contributed by atoms with E-state index in [1.807, 2.05) is 20.8 Å². The van der Waals surface area contributed by atoms with E-state index in [-0.39, 0.29) is 23.4 Å². The topological polar surface area (TPSA) is 69.9 Å². The van der Waals surface area contributed by atoms with Gasteiger partial charge in [0.25, 0.3) is 0 Å². The first-order chi connectivity index (χ1) is 13.6.